The van der Waals surface area contributed by atoms with E-state index in [9.17, 15) is 14.4 Å². The van der Waals surface area contributed by atoms with Gasteiger partial charge in [0.25, 0.3) is 17.7 Å². The maximum Gasteiger partial charge on any atom is 0.261 e. The lowest BCUT2D eigenvalue weighted by atomic mass is 10.1. The molecule has 1 aliphatic heterocycles. The van der Waals surface area contributed by atoms with E-state index in [2.05, 4.69) is 15.3 Å². The molecule has 0 atom stereocenters. The van der Waals surface area contributed by atoms with Crippen molar-refractivity contribution in [3.63, 3.8) is 0 Å². The normalized spacial score (nSPS) is 13.0. The molecule has 3 amide bonds. The van der Waals surface area contributed by atoms with Gasteiger partial charge in [-0.3, -0.25) is 29.6 Å². The first-order valence-electron chi connectivity index (χ1n) is 9.16. The first-order valence-corrected chi connectivity index (χ1v) is 9.98. The van der Waals surface area contributed by atoms with Crippen LogP contribution in [0.3, 0.4) is 0 Å². The largest absolute Gasteiger partial charge is 0.298 e. The standard InChI is InChI=1S/C22H14N4O3S/c27-19(25-22-24-17-5-1-2-6-18(17)30-22)14-7-8-15-16(10-14)21(29)26(20(15)28)12-13-4-3-9-23-11-13/h1-11H,12H2,(H,24,25,27). The number of para-hydroxylation sites is 1. The van der Waals surface area contributed by atoms with Gasteiger partial charge in [-0.2, -0.15) is 0 Å². The minimum absolute atomic E-state index is 0.132. The summed E-state index contributed by atoms with van der Waals surface area (Å²) >= 11 is 1.37. The zero-order chi connectivity index (χ0) is 20.7. The average Bonchev–Trinajstić information content (AvgIpc) is 3.28. The molecule has 0 unspecified atom stereocenters. The number of anilines is 1. The number of fused-ring (bicyclic) bond motifs is 2. The van der Waals surface area contributed by atoms with Crippen molar-refractivity contribution in [3.05, 3.63) is 89.2 Å². The molecule has 1 N–H and O–H groups in total. The first-order chi connectivity index (χ1) is 14.6. The minimum Gasteiger partial charge on any atom is -0.298 e. The molecule has 146 valence electrons. The van der Waals surface area contributed by atoms with Crippen LogP contribution in [0.1, 0.15) is 36.6 Å². The third kappa shape index (κ3) is 3.13. The van der Waals surface area contributed by atoms with Crippen LogP contribution in [0.2, 0.25) is 0 Å². The Morgan fingerprint density at radius 1 is 1.00 bits per heavy atom. The number of carbonyl (C=O) groups is 3. The predicted molar refractivity (Wildman–Crippen MR) is 112 cm³/mol. The zero-order valence-corrected chi connectivity index (χ0v) is 16.3. The van der Waals surface area contributed by atoms with E-state index in [4.69, 9.17) is 0 Å². The number of nitrogens with zero attached hydrogens (tertiary/aromatic N) is 3. The smallest absolute Gasteiger partial charge is 0.261 e. The van der Waals surface area contributed by atoms with Crippen LogP contribution in [0.5, 0.6) is 0 Å². The molecule has 30 heavy (non-hydrogen) atoms. The number of aromatic nitrogens is 2. The number of imide groups is 1. The van der Waals surface area contributed by atoms with E-state index in [0.717, 1.165) is 20.7 Å². The van der Waals surface area contributed by atoms with Gasteiger partial charge in [-0.05, 0) is 42.0 Å². The van der Waals surface area contributed by atoms with Crippen LogP contribution in [0.15, 0.2) is 67.0 Å². The summed E-state index contributed by atoms with van der Waals surface area (Å²) in [5.41, 5.74) is 2.36. The summed E-state index contributed by atoms with van der Waals surface area (Å²) in [6.07, 6.45) is 3.24. The molecule has 4 aromatic rings. The highest BCUT2D eigenvalue weighted by atomic mass is 32.1. The number of hydrogen-bond donors (Lipinski definition) is 1. The van der Waals surface area contributed by atoms with E-state index in [0.29, 0.717) is 10.7 Å². The Labute approximate surface area is 175 Å². The van der Waals surface area contributed by atoms with Gasteiger partial charge in [-0.1, -0.05) is 29.5 Å². The van der Waals surface area contributed by atoms with Gasteiger partial charge in [0.05, 0.1) is 27.9 Å². The second kappa shape index (κ2) is 7.16. The molecule has 8 heteroatoms. The Balaban J connectivity index is 1.39. The van der Waals surface area contributed by atoms with E-state index in [1.807, 2.05) is 24.3 Å². The van der Waals surface area contributed by atoms with Crippen LogP contribution >= 0.6 is 11.3 Å². The molecular formula is C22H14N4O3S. The second-order valence-corrected chi connectivity index (χ2v) is 7.79. The molecule has 2 aromatic carbocycles. The number of nitrogens with one attached hydrogen (secondary N) is 1. The summed E-state index contributed by atoms with van der Waals surface area (Å²) in [6, 6.07) is 15.7. The highest BCUT2D eigenvalue weighted by molar-refractivity contribution is 7.22. The van der Waals surface area contributed by atoms with Gasteiger partial charge >= 0.3 is 0 Å². The Kier molecular flexibility index (Phi) is 4.33. The molecule has 0 bridgehead atoms. The van der Waals surface area contributed by atoms with Crippen LogP contribution in [0, 0.1) is 0 Å². The van der Waals surface area contributed by atoms with E-state index in [1.165, 1.54) is 23.5 Å². The average molecular weight is 414 g/mol. The Morgan fingerprint density at radius 2 is 1.83 bits per heavy atom. The van der Waals surface area contributed by atoms with Crippen LogP contribution in [0.4, 0.5) is 5.13 Å². The number of pyridine rings is 1. The van der Waals surface area contributed by atoms with E-state index in [-0.39, 0.29) is 29.5 Å². The van der Waals surface area contributed by atoms with E-state index < -0.39 is 5.91 Å². The molecule has 0 radical (unpaired) electrons. The fourth-order valence-corrected chi connectivity index (χ4v) is 4.21. The van der Waals surface area contributed by atoms with Gasteiger partial charge in [0.15, 0.2) is 5.13 Å². The van der Waals surface area contributed by atoms with Gasteiger partial charge < -0.3 is 0 Å². The van der Waals surface area contributed by atoms with Crippen LogP contribution in [-0.4, -0.2) is 32.6 Å². The third-order valence-corrected chi connectivity index (χ3v) is 5.76. The van der Waals surface area contributed by atoms with Crippen molar-refractivity contribution in [2.75, 3.05) is 5.32 Å². The molecule has 0 spiro atoms. The van der Waals surface area contributed by atoms with Gasteiger partial charge in [-0.25, -0.2) is 4.98 Å². The summed E-state index contributed by atoms with van der Waals surface area (Å²) in [5, 5.41) is 3.24. The van der Waals surface area contributed by atoms with Gasteiger partial charge in [-0.15, -0.1) is 0 Å². The molecule has 0 saturated carbocycles. The van der Waals surface area contributed by atoms with Crippen LogP contribution in [0.25, 0.3) is 10.2 Å². The maximum absolute atomic E-state index is 12.8. The number of amides is 3. The topological polar surface area (TPSA) is 92.3 Å². The Morgan fingerprint density at radius 3 is 2.63 bits per heavy atom. The predicted octanol–water partition coefficient (Wildman–Crippen LogP) is 3.74. The number of thiazole rings is 1. The van der Waals surface area contributed by atoms with Gasteiger partial charge in [0.1, 0.15) is 0 Å². The van der Waals surface area contributed by atoms with Crippen LogP contribution in [-0.2, 0) is 6.54 Å². The monoisotopic (exact) mass is 414 g/mol. The second-order valence-electron chi connectivity index (χ2n) is 6.76. The summed E-state index contributed by atoms with van der Waals surface area (Å²) in [5.74, 6) is -1.19. The molecule has 1 aliphatic rings. The quantitative estimate of drug-likeness (QED) is 0.514. The fraction of sp³-hybridized carbons (Fsp3) is 0.0455. The van der Waals surface area contributed by atoms with Crippen molar-refractivity contribution < 1.29 is 14.4 Å². The van der Waals surface area contributed by atoms with E-state index >= 15 is 0 Å². The molecule has 0 aliphatic carbocycles. The molecule has 0 fully saturated rings. The minimum atomic E-state index is -0.423. The maximum atomic E-state index is 12.8. The summed E-state index contributed by atoms with van der Waals surface area (Å²) in [4.78, 5) is 47.7. The van der Waals surface area contributed by atoms with Crippen LogP contribution < -0.4 is 5.32 Å². The van der Waals surface area contributed by atoms with Crippen molar-refractivity contribution in [1.29, 1.82) is 0 Å². The molecule has 7 nitrogen and oxygen atoms in total. The fourth-order valence-electron chi connectivity index (χ4n) is 3.34. The molecule has 0 saturated heterocycles. The van der Waals surface area contributed by atoms with Gasteiger partial charge in [0.2, 0.25) is 0 Å². The molecular weight excluding hydrogens is 400 g/mol. The summed E-state index contributed by atoms with van der Waals surface area (Å²) in [6.45, 7) is 0.132. The number of benzene rings is 2. The lowest BCUT2D eigenvalue weighted by Crippen LogP contribution is -2.29. The summed E-state index contributed by atoms with van der Waals surface area (Å²) in [7, 11) is 0. The number of rotatable bonds is 4. The Hall–Kier alpha value is -3.91. The lowest BCUT2D eigenvalue weighted by Gasteiger charge is -2.13. The number of carbonyl (C=O) groups excluding carboxylic acids is 3. The lowest BCUT2D eigenvalue weighted by molar-refractivity contribution is 0.0642. The molecule has 2 aromatic heterocycles. The Bertz CT molecular complexity index is 1280. The molecule has 5 rings (SSSR count). The summed E-state index contributed by atoms with van der Waals surface area (Å²) < 4.78 is 0.966. The van der Waals surface area contributed by atoms with Crippen molar-refractivity contribution in [1.82, 2.24) is 14.9 Å². The number of hydrogen-bond acceptors (Lipinski definition) is 6. The van der Waals surface area contributed by atoms with Gasteiger partial charge in [0, 0.05) is 18.0 Å². The first kappa shape index (κ1) is 18.1. The third-order valence-electron chi connectivity index (χ3n) is 4.81. The zero-order valence-electron chi connectivity index (χ0n) is 15.5. The van der Waals surface area contributed by atoms with Crippen molar-refractivity contribution >= 4 is 44.4 Å². The van der Waals surface area contributed by atoms with Crippen molar-refractivity contribution in [3.8, 4) is 0 Å². The molecule has 3 heterocycles. The van der Waals surface area contributed by atoms with E-state index in [1.54, 1.807) is 30.6 Å². The van der Waals surface area contributed by atoms with Crippen molar-refractivity contribution in [2.24, 2.45) is 0 Å². The highest BCUT2D eigenvalue weighted by Gasteiger charge is 2.36. The SMILES string of the molecule is O=C(Nc1nc2ccccc2s1)c1ccc2c(c1)C(=O)N(Cc1cccnc1)C2=O. The van der Waals surface area contributed by atoms with Crippen molar-refractivity contribution in [2.45, 2.75) is 6.54 Å². The highest BCUT2D eigenvalue weighted by Crippen LogP contribution is 2.28.